The van der Waals surface area contributed by atoms with Crippen LogP contribution < -0.4 is 10.6 Å². The smallest absolute Gasteiger partial charge is 0.395 e. The summed E-state index contributed by atoms with van der Waals surface area (Å²) < 4.78 is 37.6. The second-order valence-electron chi connectivity index (χ2n) is 3.62. The first kappa shape index (κ1) is 14.2. The van der Waals surface area contributed by atoms with Crippen LogP contribution in [0.2, 0.25) is 0 Å². The molecular weight excluding hydrogens is 249 g/mol. The number of nitrogens with two attached hydrogens (primary N) is 1. The molecule has 4 N–H and O–H groups in total. The second-order valence-corrected chi connectivity index (χ2v) is 3.62. The van der Waals surface area contributed by atoms with E-state index in [1.165, 1.54) is 11.9 Å². The van der Waals surface area contributed by atoms with Gasteiger partial charge < -0.3 is 15.7 Å². The number of hydrogen-bond donors (Lipinski definition) is 3. The lowest BCUT2D eigenvalue weighted by Gasteiger charge is -2.21. The van der Waals surface area contributed by atoms with Gasteiger partial charge in [-0.1, -0.05) is 0 Å². The van der Waals surface area contributed by atoms with Crippen molar-refractivity contribution in [3.8, 4) is 0 Å². The van der Waals surface area contributed by atoms with Gasteiger partial charge in [0.1, 0.15) is 17.3 Å². The van der Waals surface area contributed by atoms with E-state index < -0.39 is 11.9 Å². The normalized spacial score (nSPS) is 11.4. The van der Waals surface area contributed by atoms with E-state index >= 15 is 0 Å². The molecule has 100 valence electrons. The van der Waals surface area contributed by atoms with Gasteiger partial charge in [0.05, 0.1) is 12.2 Å². The van der Waals surface area contributed by atoms with Crippen molar-refractivity contribution in [2.24, 2.45) is 5.73 Å². The summed E-state index contributed by atoms with van der Waals surface area (Å²) >= 11 is 0. The highest BCUT2D eigenvalue weighted by Crippen LogP contribution is 2.30. The van der Waals surface area contributed by atoms with E-state index in [9.17, 15) is 13.2 Å². The third kappa shape index (κ3) is 3.10. The maximum atomic E-state index is 12.5. The summed E-state index contributed by atoms with van der Waals surface area (Å²) in [5.41, 5.74) is 4.31. The number of aliphatic hydroxyl groups excluding tert-OH is 1. The zero-order chi connectivity index (χ0) is 13.9. The summed E-state index contributed by atoms with van der Waals surface area (Å²) in [6.45, 7) is -0.152. The second kappa shape index (κ2) is 5.21. The molecule has 1 rings (SSSR count). The van der Waals surface area contributed by atoms with E-state index in [-0.39, 0.29) is 30.4 Å². The fraction of sp³-hybridized carbons (Fsp3) is 0.400. The number of hydrogen-bond acceptors (Lipinski definition) is 4. The molecule has 0 saturated heterocycles. The van der Waals surface area contributed by atoms with Crippen molar-refractivity contribution in [3.63, 3.8) is 0 Å². The Hall–Kier alpha value is -1.83. The van der Waals surface area contributed by atoms with Crippen LogP contribution in [-0.4, -0.2) is 36.1 Å². The Kier molecular flexibility index (Phi) is 4.12. The highest BCUT2D eigenvalue weighted by molar-refractivity contribution is 5.99. The first-order valence-corrected chi connectivity index (χ1v) is 5.02. The van der Waals surface area contributed by atoms with E-state index in [2.05, 4.69) is 4.98 Å². The van der Waals surface area contributed by atoms with E-state index in [1.807, 2.05) is 0 Å². The van der Waals surface area contributed by atoms with Crippen LogP contribution in [0.15, 0.2) is 12.1 Å². The van der Waals surface area contributed by atoms with Gasteiger partial charge in [-0.15, -0.1) is 0 Å². The molecular formula is C10H13F3N4O. The summed E-state index contributed by atoms with van der Waals surface area (Å²) in [5, 5.41) is 16.1. The molecule has 0 aliphatic carbocycles. The lowest BCUT2D eigenvalue weighted by atomic mass is 10.2. The van der Waals surface area contributed by atoms with Crippen molar-refractivity contribution < 1.29 is 18.3 Å². The molecule has 0 atom stereocenters. The summed E-state index contributed by atoms with van der Waals surface area (Å²) in [4.78, 5) is 4.76. The van der Waals surface area contributed by atoms with Crippen LogP contribution in [0.25, 0.3) is 0 Å². The number of nitrogen functional groups attached to an aromatic ring is 1. The summed E-state index contributed by atoms with van der Waals surface area (Å²) in [5.74, 6) is -0.456. The van der Waals surface area contributed by atoms with Crippen molar-refractivity contribution in [3.05, 3.63) is 23.4 Å². The lowest BCUT2D eigenvalue weighted by Crippen LogP contribution is -2.27. The number of nitrogens with zero attached hydrogens (tertiary/aromatic N) is 2. The van der Waals surface area contributed by atoms with Crippen molar-refractivity contribution in [1.82, 2.24) is 4.98 Å². The standard InChI is InChI=1S/C10H13F3N4O/c1-17(4-5-18)9-6(8(14)15)2-3-7(16-9)10(11,12)13/h2-3,18H,4-5H2,1H3,(H3,14,15). The first-order valence-electron chi connectivity index (χ1n) is 5.02. The molecule has 0 radical (unpaired) electrons. The van der Waals surface area contributed by atoms with Gasteiger partial charge in [-0.2, -0.15) is 13.2 Å². The molecule has 0 amide bonds. The topological polar surface area (TPSA) is 86.2 Å². The van der Waals surface area contributed by atoms with Crippen molar-refractivity contribution in [2.75, 3.05) is 25.1 Å². The number of amidine groups is 1. The molecule has 1 heterocycles. The predicted molar refractivity (Wildman–Crippen MR) is 60.6 cm³/mol. The van der Waals surface area contributed by atoms with Gasteiger partial charge in [0.2, 0.25) is 0 Å². The molecule has 0 spiro atoms. The molecule has 0 fully saturated rings. The van der Waals surface area contributed by atoms with Crippen LogP contribution in [0.4, 0.5) is 19.0 Å². The fourth-order valence-corrected chi connectivity index (χ4v) is 1.36. The van der Waals surface area contributed by atoms with Crippen LogP contribution in [0, 0.1) is 5.41 Å². The Labute approximate surface area is 102 Å². The molecule has 0 bridgehead atoms. The zero-order valence-corrected chi connectivity index (χ0v) is 9.62. The molecule has 8 heteroatoms. The predicted octanol–water partition coefficient (Wildman–Crippen LogP) is 0.813. The number of aliphatic hydroxyl groups is 1. The fourth-order valence-electron chi connectivity index (χ4n) is 1.36. The molecule has 0 aliphatic heterocycles. The highest BCUT2D eigenvalue weighted by Gasteiger charge is 2.33. The zero-order valence-electron chi connectivity index (χ0n) is 9.62. The average molecular weight is 262 g/mol. The van der Waals surface area contributed by atoms with Crippen LogP contribution >= 0.6 is 0 Å². The molecule has 0 unspecified atom stereocenters. The van der Waals surface area contributed by atoms with Crippen LogP contribution in [0.1, 0.15) is 11.3 Å². The van der Waals surface area contributed by atoms with Gasteiger partial charge in [-0.05, 0) is 12.1 Å². The Balaban J connectivity index is 3.28. The molecule has 5 nitrogen and oxygen atoms in total. The van der Waals surface area contributed by atoms with Crippen LogP contribution in [0.5, 0.6) is 0 Å². The average Bonchev–Trinajstić information content (AvgIpc) is 2.27. The summed E-state index contributed by atoms with van der Waals surface area (Å²) in [6, 6.07) is 1.87. The number of pyridine rings is 1. The number of likely N-dealkylation sites (N-methyl/N-ethyl adjacent to an activating group) is 1. The molecule has 0 saturated carbocycles. The molecule has 0 aliphatic rings. The Morgan fingerprint density at radius 3 is 2.56 bits per heavy atom. The minimum atomic E-state index is -4.57. The van der Waals surface area contributed by atoms with Gasteiger partial charge in [0.25, 0.3) is 0 Å². The number of aromatic nitrogens is 1. The third-order valence-corrected chi connectivity index (χ3v) is 2.25. The number of nitrogens with one attached hydrogen (secondary N) is 1. The van der Waals surface area contributed by atoms with Crippen molar-refractivity contribution >= 4 is 11.7 Å². The largest absolute Gasteiger partial charge is 0.433 e. The third-order valence-electron chi connectivity index (χ3n) is 2.25. The van der Waals surface area contributed by atoms with E-state index in [0.29, 0.717) is 0 Å². The lowest BCUT2D eigenvalue weighted by molar-refractivity contribution is -0.141. The minimum Gasteiger partial charge on any atom is -0.395 e. The van der Waals surface area contributed by atoms with Crippen molar-refractivity contribution in [2.45, 2.75) is 6.18 Å². The molecule has 18 heavy (non-hydrogen) atoms. The monoisotopic (exact) mass is 262 g/mol. The van der Waals surface area contributed by atoms with Crippen LogP contribution in [-0.2, 0) is 6.18 Å². The summed E-state index contributed by atoms with van der Waals surface area (Å²) in [7, 11) is 1.46. The van der Waals surface area contributed by atoms with Gasteiger partial charge in [0.15, 0.2) is 0 Å². The first-order chi connectivity index (χ1) is 8.27. The highest BCUT2D eigenvalue weighted by atomic mass is 19.4. The maximum absolute atomic E-state index is 12.5. The Morgan fingerprint density at radius 2 is 2.11 bits per heavy atom. The SMILES string of the molecule is CN(CCO)c1nc(C(F)(F)F)ccc1C(=N)N. The van der Waals surface area contributed by atoms with Gasteiger partial charge in [0, 0.05) is 13.6 Å². The summed E-state index contributed by atoms with van der Waals surface area (Å²) in [6.07, 6.45) is -4.57. The number of alkyl halides is 3. The molecule has 1 aromatic heterocycles. The van der Waals surface area contributed by atoms with Gasteiger partial charge in [-0.25, -0.2) is 4.98 Å². The van der Waals surface area contributed by atoms with Gasteiger partial charge >= 0.3 is 6.18 Å². The number of halogens is 3. The number of anilines is 1. The van der Waals surface area contributed by atoms with Crippen molar-refractivity contribution in [1.29, 1.82) is 5.41 Å². The Bertz CT molecular complexity index is 447. The molecule has 0 aromatic carbocycles. The van der Waals surface area contributed by atoms with E-state index in [0.717, 1.165) is 12.1 Å². The molecule has 1 aromatic rings. The van der Waals surface area contributed by atoms with Gasteiger partial charge in [-0.3, -0.25) is 5.41 Å². The van der Waals surface area contributed by atoms with Crippen LogP contribution in [0.3, 0.4) is 0 Å². The van der Waals surface area contributed by atoms with E-state index in [4.69, 9.17) is 16.2 Å². The maximum Gasteiger partial charge on any atom is 0.433 e. The van der Waals surface area contributed by atoms with E-state index in [1.54, 1.807) is 0 Å². The minimum absolute atomic E-state index is 0.0774. The quantitative estimate of drug-likeness (QED) is 0.553. The number of rotatable bonds is 4. The Morgan fingerprint density at radius 1 is 1.50 bits per heavy atom.